The number of hydrazine groups is 1. The Hall–Kier alpha value is -3.46. The van der Waals surface area contributed by atoms with Crippen LogP contribution < -0.4 is 10.7 Å². The molecule has 1 aromatic carbocycles. The van der Waals surface area contributed by atoms with Crippen LogP contribution in [0.3, 0.4) is 0 Å². The molecule has 30 heavy (non-hydrogen) atoms. The molecule has 3 aromatic rings. The summed E-state index contributed by atoms with van der Waals surface area (Å²) in [6.07, 6.45) is 4.86. The van der Waals surface area contributed by atoms with Crippen LogP contribution in [0.5, 0.6) is 0 Å². The average molecular weight is 409 g/mol. The van der Waals surface area contributed by atoms with Gasteiger partial charge in [-0.1, -0.05) is 24.3 Å². The van der Waals surface area contributed by atoms with Gasteiger partial charge in [-0.25, -0.2) is 25.2 Å². The van der Waals surface area contributed by atoms with Gasteiger partial charge in [0, 0.05) is 38.6 Å². The maximum atomic E-state index is 12.0. The van der Waals surface area contributed by atoms with Gasteiger partial charge >= 0.3 is 6.09 Å². The van der Waals surface area contributed by atoms with E-state index < -0.39 is 11.7 Å². The normalized spacial score (nSPS) is 11.2. The van der Waals surface area contributed by atoms with Crippen LogP contribution >= 0.6 is 0 Å². The van der Waals surface area contributed by atoms with Crippen LogP contribution in [-0.4, -0.2) is 43.5 Å². The van der Waals surface area contributed by atoms with Crippen molar-refractivity contribution in [1.82, 2.24) is 30.2 Å². The Kier molecular flexibility index (Phi) is 6.31. The highest BCUT2D eigenvalue weighted by molar-refractivity contribution is 5.67. The molecule has 9 heteroatoms. The Balaban J connectivity index is 1.60. The van der Waals surface area contributed by atoms with Gasteiger partial charge in [-0.15, -0.1) is 0 Å². The van der Waals surface area contributed by atoms with Gasteiger partial charge in [-0.3, -0.25) is 4.68 Å². The lowest BCUT2D eigenvalue weighted by molar-refractivity contribution is 0.0197. The summed E-state index contributed by atoms with van der Waals surface area (Å²) in [5.41, 5.74) is 6.13. The summed E-state index contributed by atoms with van der Waals surface area (Å²) in [5, 5.41) is 8.61. The molecule has 0 spiro atoms. The molecule has 0 radical (unpaired) electrons. The van der Waals surface area contributed by atoms with E-state index in [4.69, 9.17) is 4.74 Å². The number of rotatable bonds is 6. The van der Waals surface area contributed by atoms with Crippen molar-refractivity contribution in [2.75, 3.05) is 12.4 Å². The number of nitrogens with zero attached hydrogens (tertiary/aromatic N) is 5. The van der Waals surface area contributed by atoms with Gasteiger partial charge in [0.1, 0.15) is 5.60 Å². The zero-order valence-electron chi connectivity index (χ0n) is 17.9. The summed E-state index contributed by atoms with van der Waals surface area (Å²) in [6.45, 7) is 6.00. The van der Waals surface area contributed by atoms with Crippen LogP contribution in [0.1, 0.15) is 26.3 Å². The Bertz CT molecular complexity index is 993. The van der Waals surface area contributed by atoms with E-state index in [9.17, 15) is 4.79 Å². The summed E-state index contributed by atoms with van der Waals surface area (Å²) in [5.74, 6) is 0.505. The average Bonchev–Trinajstić information content (AvgIpc) is 3.10. The second-order valence-electron chi connectivity index (χ2n) is 7.86. The molecule has 2 N–H and O–H groups in total. The summed E-state index contributed by atoms with van der Waals surface area (Å²) in [7, 11) is 3.49. The van der Waals surface area contributed by atoms with Gasteiger partial charge < -0.3 is 10.1 Å². The number of hydrogen-bond acceptors (Lipinski definition) is 7. The van der Waals surface area contributed by atoms with Crippen molar-refractivity contribution in [2.24, 2.45) is 7.05 Å². The molecule has 9 nitrogen and oxygen atoms in total. The van der Waals surface area contributed by atoms with Gasteiger partial charge in [-0.2, -0.15) is 5.10 Å². The van der Waals surface area contributed by atoms with Crippen LogP contribution in [-0.2, 0) is 18.3 Å². The predicted molar refractivity (Wildman–Crippen MR) is 115 cm³/mol. The van der Waals surface area contributed by atoms with Gasteiger partial charge in [0.15, 0.2) is 0 Å². The van der Waals surface area contributed by atoms with E-state index in [0.717, 1.165) is 22.5 Å². The topological polar surface area (TPSA) is 97.2 Å². The zero-order valence-corrected chi connectivity index (χ0v) is 17.9. The van der Waals surface area contributed by atoms with Crippen molar-refractivity contribution in [3.05, 3.63) is 54.5 Å². The predicted octanol–water partition coefficient (Wildman–Crippen LogP) is 3.49. The third-order valence-electron chi connectivity index (χ3n) is 4.05. The number of anilines is 2. The highest BCUT2D eigenvalue weighted by atomic mass is 16.6. The number of carbonyl (C=O) groups excluding carboxylic acids is 1. The van der Waals surface area contributed by atoms with E-state index >= 15 is 0 Å². The Labute approximate surface area is 176 Å². The highest BCUT2D eigenvalue weighted by Crippen LogP contribution is 2.20. The monoisotopic (exact) mass is 409 g/mol. The molecule has 0 bridgehead atoms. The van der Waals surface area contributed by atoms with E-state index in [1.165, 1.54) is 5.01 Å². The Morgan fingerprint density at radius 1 is 1.20 bits per heavy atom. The molecule has 2 heterocycles. The third kappa shape index (κ3) is 6.02. The first-order valence-electron chi connectivity index (χ1n) is 9.58. The van der Waals surface area contributed by atoms with E-state index in [1.54, 1.807) is 24.1 Å². The van der Waals surface area contributed by atoms with Crippen LogP contribution in [0.4, 0.5) is 16.4 Å². The molecule has 0 aliphatic heterocycles. The van der Waals surface area contributed by atoms with Crippen molar-refractivity contribution in [2.45, 2.75) is 32.9 Å². The van der Waals surface area contributed by atoms with Crippen LogP contribution in [0.2, 0.25) is 0 Å². The summed E-state index contributed by atoms with van der Waals surface area (Å²) < 4.78 is 7.03. The molecule has 0 unspecified atom stereocenters. The van der Waals surface area contributed by atoms with E-state index in [2.05, 4.69) is 25.8 Å². The van der Waals surface area contributed by atoms with Gasteiger partial charge in [0.2, 0.25) is 5.95 Å². The van der Waals surface area contributed by atoms with Crippen molar-refractivity contribution in [1.29, 1.82) is 0 Å². The smallest absolute Gasteiger partial charge is 0.424 e. The standard InChI is InChI=1S/C21H27N7O2/c1-21(2,3)30-20(29)28(5)24-12-15-6-8-16(9-7-15)18-10-11-22-19(26-18)25-17-13-23-27(4)14-17/h6-11,13-14,24H,12H2,1-5H3,(H,22,25,26). The summed E-state index contributed by atoms with van der Waals surface area (Å²) in [4.78, 5) is 20.8. The molecule has 0 saturated heterocycles. The first-order chi connectivity index (χ1) is 14.2. The molecular weight excluding hydrogens is 382 g/mol. The fourth-order valence-corrected chi connectivity index (χ4v) is 2.59. The summed E-state index contributed by atoms with van der Waals surface area (Å²) in [6, 6.07) is 9.81. The largest absolute Gasteiger partial charge is 0.443 e. The van der Waals surface area contributed by atoms with Crippen LogP contribution in [0.25, 0.3) is 11.3 Å². The second kappa shape index (κ2) is 8.91. The van der Waals surface area contributed by atoms with E-state index in [1.807, 2.05) is 64.3 Å². The second-order valence-corrected chi connectivity index (χ2v) is 7.86. The van der Waals surface area contributed by atoms with E-state index in [0.29, 0.717) is 12.5 Å². The van der Waals surface area contributed by atoms with Crippen molar-refractivity contribution in [3.8, 4) is 11.3 Å². The number of nitrogens with one attached hydrogen (secondary N) is 2. The molecule has 0 fully saturated rings. The van der Waals surface area contributed by atoms with Crippen molar-refractivity contribution >= 4 is 17.7 Å². The molecular formula is C21H27N7O2. The third-order valence-corrected chi connectivity index (χ3v) is 4.05. The maximum Gasteiger partial charge on any atom is 0.424 e. The minimum atomic E-state index is -0.531. The van der Waals surface area contributed by atoms with Crippen LogP contribution in [0, 0.1) is 0 Å². The lowest BCUT2D eigenvalue weighted by Crippen LogP contribution is -2.42. The maximum absolute atomic E-state index is 12.0. The zero-order chi connectivity index (χ0) is 21.7. The van der Waals surface area contributed by atoms with Crippen molar-refractivity contribution < 1.29 is 9.53 Å². The van der Waals surface area contributed by atoms with E-state index in [-0.39, 0.29) is 0 Å². The minimum absolute atomic E-state index is 0.422. The quantitative estimate of drug-likeness (QED) is 0.602. The Morgan fingerprint density at radius 3 is 2.57 bits per heavy atom. The highest BCUT2D eigenvalue weighted by Gasteiger charge is 2.19. The van der Waals surface area contributed by atoms with Gasteiger partial charge in [0.05, 0.1) is 17.6 Å². The number of aromatic nitrogens is 4. The minimum Gasteiger partial charge on any atom is -0.443 e. The molecule has 0 saturated carbocycles. The number of carbonyl (C=O) groups is 1. The number of ether oxygens (including phenoxy) is 1. The number of aryl methyl sites for hydroxylation is 1. The summed E-state index contributed by atoms with van der Waals surface area (Å²) >= 11 is 0. The first kappa shape index (κ1) is 21.3. The molecule has 2 aromatic heterocycles. The Morgan fingerprint density at radius 2 is 1.93 bits per heavy atom. The number of amides is 1. The number of hydrogen-bond donors (Lipinski definition) is 2. The number of benzene rings is 1. The SMILES string of the molecule is CN(NCc1ccc(-c2ccnc(Nc3cnn(C)c3)n2)cc1)C(=O)OC(C)(C)C. The lowest BCUT2D eigenvalue weighted by atomic mass is 10.1. The molecule has 1 amide bonds. The molecule has 0 aliphatic carbocycles. The molecule has 0 atom stereocenters. The molecule has 158 valence electrons. The fourth-order valence-electron chi connectivity index (χ4n) is 2.59. The van der Waals surface area contributed by atoms with Gasteiger partial charge in [-0.05, 0) is 32.4 Å². The molecule has 3 rings (SSSR count). The fraction of sp³-hybridized carbons (Fsp3) is 0.333. The van der Waals surface area contributed by atoms with Gasteiger partial charge in [0.25, 0.3) is 0 Å². The molecule has 0 aliphatic rings. The van der Waals surface area contributed by atoms with Crippen LogP contribution in [0.15, 0.2) is 48.9 Å². The lowest BCUT2D eigenvalue weighted by Gasteiger charge is -2.25. The van der Waals surface area contributed by atoms with Crippen molar-refractivity contribution in [3.63, 3.8) is 0 Å². The first-order valence-corrected chi connectivity index (χ1v) is 9.58.